The lowest BCUT2D eigenvalue weighted by atomic mass is 9.92. The molecule has 0 saturated carbocycles. The predicted molar refractivity (Wildman–Crippen MR) is 61.3 cm³/mol. The molecule has 1 aromatic carbocycles. The fourth-order valence-corrected chi connectivity index (χ4v) is 2.02. The van der Waals surface area contributed by atoms with Crippen LogP contribution in [-0.4, -0.2) is 25.5 Å². The second kappa shape index (κ2) is 3.97. The van der Waals surface area contributed by atoms with E-state index >= 15 is 0 Å². The number of hydrogen-bond acceptors (Lipinski definition) is 1. The Kier molecular flexibility index (Phi) is 2.69. The summed E-state index contributed by atoms with van der Waals surface area (Å²) in [5, 5.41) is 0. The van der Waals surface area contributed by atoms with Gasteiger partial charge < -0.3 is 4.90 Å². The lowest BCUT2D eigenvalue weighted by Gasteiger charge is -2.19. The van der Waals surface area contributed by atoms with Crippen molar-refractivity contribution in [2.45, 2.75) is 12.8 Å². The van der Waals surface area contributed by atoms with Gasteiger partial charge in [-0.1, -0.05) is 35.9 Å². The fraction of sp³-hybridized carbons (Fsp3) is 0.385. The van der Waals surface area contributed by atoms with Crippen molar-refractivity contribution in [2.24, 2.45) is 0 Å². The zero-order chi connectivity index (χ0) is 9.97. The Morgan fingerprint density at radius 3 is 2.71 bits per heavy atom. The first-order valence-corrected chi connectivity index (χ1v) is 5.18. The summed E-state index contributed by atoms with van der Waals surface area (Å²) in [5.74, 6) is 0. The molecule has 1 aliphatic carbocycles. The van der Waals surface area contributed by atoms with Crippen LogP contribution in [0.4, 0.5) is 0 Å². The van der Waals surface area contributed by atoms with Gasteiger partial charge in [0.15, 0.2) is 0 Å². The van der Waals surface area contributed by atoms with Crippen molar-refractivity contribution in [2.75, 3.05) is 20.6 Å². The van der Waals surface area contributed by atoms with Crippen LogP contribution in [0.5, 0.6) is 0 Å². The highest BCUT2D eigenvalue weighted by Gasteiger charge is 2.09. The van der Waals surface area contributed by atoms with E-state index in [9.17, 15) is 0 Å². The first-order valence-electron chi connectivity index (χ1n) is 5.18. The maximum atomic E-state index is 2.35. The average Bonchev–Trinajstić information content (AvgIpc) is 2.17. The van der Waals surface area contributed by atoms with E-state index in [1.165, 1.54) is 24.0 Å². The molecule has 0 radical (unpaired) electrons. The molecule has 0 spiro atoms. The Labute approximate surface area is 86.1 Å². The van der Waals surface area contributed by atoms with E-state index in [2.05, 4.69) is 49.3 Å². The molecule has 0 N–H and O–H groups in total. The molecule has 0 atom stereocenters. The molecule has 1 heteroatoms. The number of likely N-dealkylation sites (N-methyl/N-ethyl adjacent to an activating group) is 1. The maximum absolute atomic E-state index is 2.35. The third kappa shape index (κ3) is 2.05. The molecular weight excluding hydrogens is 170 g/mol. The molecule has 0 saturated heterocycles. The van der Waals surface area contributed by atoms with Crippen molar-refractivity contribution in [1.82, 2.24) is 4.90 Å². The lowest BCUT2D eigenvalue weighted by molar-refractivity contribution is 0.440. The van der Waals surface area contributed by atoms with E-state index in [0.717, 1.165) is 6.54 Å². The smallest absolute Gasteiger partial charge is 0.0190 e. The Morgan fingerprint density at radius 1 is 1.14 bits per heavy atom. The van der Waals surface area contributed by atoms with E-state index in [1.54, 1.807) is 5.57 Å². The standard InChI is InChI=1S/C13H17N/c1-14(2)10-11-7-8-12-5-3-4-6-13(12)9-11/h3-6,9H,7-8,10H2,1-2H3. The highest BCUT2D eigenvalue weighted by atomic mass is 15.0. The number of aryl methyl sites for hydroxylation is 1. The highest BCUT2D eigenvalue weighted by Crippen LogP contribution is 2.23. The van der Waals surface area contributed by atoms with Crippen molar-refractivity contribution in [3.63, 3.8) is 0 Å². The van der Waals surface area contributed by atoms with Gasteiger partial charge in [0.05, 0.1) is 0 Å². The molecule has 0 heterocycles. The Morgan fingerprint density at radius 2 is 1.93 bits per heavy atom. The molecule has 1 nitrogen and oxygen atoms in total. The highest BCUT2D eigenvalue weighted by molar-refractivity contribution is 5.59. The molecule has 1 aliphatic rings. The van der Waals surface area contributed by atoms with Crippen molar-refractivity contribution >= 4 is 6.08 Å². The summed E-state index contributed by atoms with van der Waals surface area (Å²) in [7, 11) is 4.25. The zero-order valence-corrected chi connectivity index (χ0v) is 8.96. The molecule has 0 unspecified atom stereocenters. The van der Waals surface area contributed by atoms with Crippen LogP contribution in [0.3, 0.4) is 0 Å². The first kappa shape index (κ1) is 9.47. The summed E-state index contributed by atoms with van der Waals surface area (Å²) < 4.78 is 0. The fourth-order valence-electron chi connectivity index (χ4n) is 2.02. The topological polar surface area (TPSA) is 3.24 Å². The van der Waals surface area contributed by atoms with Gasteiger partial charge in [0.25, 0.3) is 0 Å². The number of fused-ring (bicyclic) bond motifs is 1. The summed E-state index contributed by atoms with van der Waals surface area (Å²) in [4.78, 5) is 2.24. The van der Waals surface area contributed by atoms with Gasteiger partial charge >= 0.3 is 0 Å². The molecule has 2 rings (SSSR count). The SMILES string of the molecule is CN(C)CC1=Cc2ccccc2CC1. The van der Waals surface area contributed by atoms with Gasteiger partial charge in [0, 0.05) is 6.54 Å². The Hall–Kier alpha value is -1.08. The van der Waals surface area contributed by atoms with Crippen LogP contribution in [0.25, 0.3) is 6.08 Å². The Balaban J connectivity index is 2.22. The minimum atomic E-state index is 1.09. The lowest BCUT2D eigenvalue weighted by Crippen LogP contribution is -2.16. The van der Waals surface area contributed by atoms with Crippen molar-refractivity contribution < 1.29 is 0 Å². The minimum Gasteiger partial charge on any atom is -0.305 e. The van der Waals surface area contributed by atoms with Gasteiger partial charge in [-0.3, -0.25) is 0 Å². The summed E-state index contributed by atoms with van der Waals surface area (Å²) >= 11 is 0. The van der Waals surface area contributed by atoms with Crippen LogP contribution in [0.15, 0.2) is 29.8 Å². The van der Waals surface area contributed by atoms with Gasteiger partial charge in [-0.2, -0.15) is 0 Å². The van der Waals surface area contributed by atoms with E-state index < -0.39 is 0 Å². The second-order valence-corrected chi connectivity index (χ2v) is 4.24. The summed E-state index contributed by atoms with van der Waals surface area (Å²) in [6, 6.07) is 8.69. The monoisotopic (exact) mass is 187 g/mol. The van der Waals surface area contributed by atoms with Crippen LogP contribution in [0.2, 0.25) is 0 Å². The van der Waals surface area contributed by atoms with Gasteiger partial charge in [0.1, 0.15) is 0 Å². The maximum Gasteiger partial charge on any atom is 0.0190 e. The summed E-state index contributed by atoms with van der Waals surface area (Å²) in [6.45, 7) is 1.09. The molecule has 0 aromatic heterocycles. The zero-order valence-electron chi connectivity index (χ0n) is 8.96. The van der Waals surface area contributed by atoms with Gasteiger partial charge in [-0.25, -0.2) is 0 Å². The van der Waals surface area contributed by atoms with Gasteiger partial charge in [0.2, 0.25) is 0 Å². The number of hydrogen-bond donors (Lipinski definition) is 0. The van der Waals surface area contributed by atoms with E-state index in [0.29, 0.717) is 0 Å². The van der Waals surface area contributed by atoms with Crippen LogP contribution in [0.1, 0.15) is 17.5 Å². The summed E-state index contributed by atoms with van der Waals surface area (Å²) in [6.07, 6.45) is 4.77. The van der Waals surface area contributed by atoms with Gasteiger partial charge in [-0.15, -0.1) is 0 Å². The van der Waals surface area contributed by atoms with E-state index in [4.69, 9.17) is 0 Å². The molecule has 74 valence electrons. The molecule has 14 heavy (non-hydrogen) atoms. The third-order valence-corrected chi connectivity index (χ3v) is 2.65. The molecule has 0 bridgehead atoms. The second-order valence-electron chi connectivity index (χ2n) is 4.24. The van der Waals surface area contributed by atoms with E-state index in [-0.39, 0.29) is 0 Å². The van der Waals surface area contributed by atoms with Crippen LogP contribution in [0, 0.1) is 0 Å². The van der Waals surface area contributed by atoms with E-state index in [1.807, 2.05) is 0 Å². The predicted octanol–water partition coefficient (Wildman–Crippen LogP) is 2.58. The number of rotatable bonds is 2. The van der Waals surface area contributed by atoms with Crippen molar-refractivity contribution in [3.8, 4) is 0 Å². The average molecular weight is 187 g/mol. The summed E-state index contributed by atoms with van der Waals surface area (Å²) in [5.41, 5.74) is 4.46. The molecule has 0 aliphatic heterocycles. The Bertz CT molecular complexity index is 350. The van der Waals surface area contributed by atoms with Crippen molar-refractivity contribution in [1.29, 1.82) is 0 Å². The largest absolute Gasteiger partial charge is 0.305 e. The number of nitrogens with zero attached hydrogens (tertiary/aromatic N) is 1. The molecular formula is C13H17N. The minimum absolute atomic E-state index is 1.09. The van der Waals surface area contributed by atoms with Gasteiger partial charge in [-0.05, 0) is 38.1 Å². The molecule has 0 fully saturated rings. The van der Waals surface area contributed by atoms with Crippen LogP contribution < -0.4 is 0 Å². The van der Waals surface area contributed by atoms with Crippen LogP contribution in [-0.2, 0) is 6.42 Å². The first-order chi connectivity index (χ1) is 6.75. The number of benzene rings is 1. The normalized spacial score (nSPS) is 15.2. The molecule has 0 amide bonds. The third-order valence-electron chi connectivity index (χ3n) is 2.65. The quantitative estimate of drug-likeness (QED) is 0.688. The van der Waals surface area contributed by atoms with Crippen molar-refractivity contribution in [3.05, 3.63) is 41.0 Å². The molecule has 1 aromatic rings. The van der Waals surface area contributed by atoms with Crippen LogP contribution >= 0.6 is 0 Å².